The number of hydrogen-bond acceptors (Lipinski definition) is 2. The van der Waals surface area contributed by atoms with E-state index in [1.54, 1.807) is 0 Å². The average molecular weight is 290 g/mol. The Kier molecular flexibility index (Phi) is 2.95. The summed E-state index contributed by atoms with van der Waals surface area (Å²) in [7, 11) is 0. The van der Waals surface area contributed by atoms with Gasteiger partial charge in [-0.2, -0.15) is 5.26 Å². The zero-order valence-corrected chi connectivity index (χ0v) is 11.2. The predicted molar refractivity (Wildman–Crippen MR) is 72.1 cm³/mol. The topological polar surface area (TPSA) is 54.7 Å². The van der Waals surface area contributed by atoms with Gasteiger partial charge in [0, 0.05) is 15.9 Å². The second-order valence-corrected chi connectivity index (χ2v) is 4.81. The van der Waals surface area contributed by atoms with Crippen molar-refractivity contribution in [3.63, 3.8) is 0 Å². The Morgan fingerprint density at radius 1 is 1.35 bits per heavy atom. The molecule has 4 heteroatoms. The standard InChI is InChI=1S/C13H12BrN3/c1-8-9(2)17(13(16)12(8)7-15)11-5-3-4-10(14)6-11/h3-6H,16H2,1-2H3. The van der Waals surface area contributed by atoms with Crippen molar-refractivity contribution in [1.29, 1.82) is 5.26 Å². The molecule has 1 aromatic carbocycles. The SMILES string of the molecule is Cc1c(C#N)c(N)n(-c2cccc(Br)c2)c1C. The normalized spacial score (nSPS) is 10.2. The Morgan fingerprint density at radius 2 is 2.06 bits per heavy atom. The number of anilines is 1. The van der Waals surface area contributed by atoms with Crippen molar-refractivity contribution in [3.05, 3.63) is 45.6 Å². The predicted octanol–water partition coefficient (Wildman–Crippen LogP) is 3.31. The molecule has 0 spiro atoms. The minimum atomic E-state index is 0.501. The van der Waals surface area contributed by atoms with Crippen molar-refractivity contribution in [3.8, 4) is 11.8 Å². The van der Waals surface area contributed by atoms with Gasteiger partial charge in [-0.25, -0.2) is 0 Å². The first kappa shape index (κ1) is 11.7. The molecule has 0 radical (unpaired) electrons. The fourth-order valence-electron chi connectivity index (χ4n) is 1.92. The Bertz CT molecular complexity index is 620. The van der Waals surface area contributed by atoms with E-state index in [4.69, 9.17) is 11.0 Å². The van der Waals surface area contributed by atoms with Gasteiger partial charge in [0.1, 0.15) is 11.9 Å². The number of halogens is 1. The van der Waals surface area contributed by atoms with Crippen molar-refractivity contribution >= 4 is 21.7 Å². The van der Waals surface area contributed by atoms with Crippen molar-refractivity contribution in [1.82, 2.24) is 4.57 Å². The van der Waals surface area contributed by atoms with Gasteiger partial charge in [0.2, 0.25) is 0 Å². The quantitative estimate of drug-likeness (QED) is 0.876. The molecule has 1 heterocycles. The number of hydrogen-bond donors (Lipinski definition) is 1. The molecule has 17 heavy (non-hydrogen) atoms. The monoisotopic (exact) mass is 289 g/mol. The van der Waals surface area contributed by atoms with Crippen molar-refractivity contribution in [2.45, 2.75) is 13.8 Å². The van der Waals surface area contributed by atoms with Gasteiger partial charge in [0.05, 0.1) is 5.56 Å². The van der Waals surface area contributed by atoms with Crippen LogP contribution in [0, 0.1) is 25.2 Å². The largest absolute Gasteiger partial charge is 0.384 e. The van der Waals surface area contributed by atoms with Crippen LogP contribution in [0.15, 0.2) is 28.7 Å². The van der Waals surface area contributed by atoms with Crippen LogP contribution in [0.1, 0.15) is 16.8 Å². The third-order valence-electron chi connectivity index (χ3n) is 2.93. The third kappa shape index (κ3) is 1.83. The fraction of sp³-hybridized carbons (Fsp3) is 0.154. The molecule has 0 atom stereocenters. The lowest BCUT2D eigenvalue weighted by Gasteiger charge is -2.09. The summed E-state index contributed by atoms with van der Waals surface area (Å²) in [6.07, 6.45) is 0. The highest BCUT2D eigenvalue weighted by Crippen LogP contribution is 2.28. The molecule has 2 rings (SSSR count). The summed E-state index contributed by atoms with van der Waals surface area (Å²) < 4.78 is 2.89. The number of nitriles is 1. The Labute approximate surface area is 109 Å². The molecular formula is C13H12BrN3. The van der Waals surface area contributed by atoms with Crippen LogP contribution in [0.25, 0.3) is 5.69 Å². The van der Waals surface area contributed by atoms with Crippen LogP contribution in [0.2, 0.25) is 0 Å². The molecule has 0 aliphatic carbocycles. The summed E-state index contributed by atoms with van der Waals surface area (Å²) in [6.45, 7) is 3.88. The van der Waals surface area contributed by atoms with Crippen LogP contribution in [-0.4, -0.2) is 4.57 Å². The summed E-state index contributed by atoms with van der Waals surface area (Å²) in [5.41, 5.74) is 9.47. The van der Waals surface area contributed by atoms with Gasteiger partial charge in [-0.3, -0.25) is 4.57 Å². The third-order valence-corrected chi connectivity index (χ3v) is 3.42. The number of aromatic nitrogens is 1. The molecule has 2 N–H and O–H groups in total. The molecular weight excluding hydrogens is 278 g/mol. The average Bonchev–Trinajstić information content (AvgIpc) is 2.50. The smallest absolute Gasteiger partial charge is 0.126 e. The molecule has 0 saturated carbocycles. The van der Waals surface area contributed by atoms with Crippen molar-refractivity contribution in [2.24, 2.45) is 0 Å². The molecule has 0 bridgehead atoms. The lowest BCUT2D eigenvalue weighted by atomic mass is 10.2. The first-order valence-electron chi connectivity index (χ1n) is 5.19. The second-order valence-electron chi connectivity index (χ2n) is 3.90. The highest BCUT2D eigenvalue weighted by atomic mass is 79.9. The maximum absolute atomic E-state index is 9.09. The summed E-state index contributed by atoms with van der Waals surface area (Å²) >= 11 is 3.43. The molecule has 0 aliphatic heterocycles. The number of nitrogen functional groups attached to an aromatic ring is 1. The maximum Gasteiger partial charge on any atom is 0.126 e. The molecule has 86 valence electrons. The van der Waals surface area contributed by atoms with Gasteiger partial charge in [-0.05, 0) is 37.6 Å². The number of benzene rings is 1. The molecule has 2 aromatic rings. The highest BCUT2D eigenvalue weighted by molar-refractivity contribution is 9.10. The maximum atomic E-state index is 9.09. The van der Waals surface area contributed by atoms with Gasteiger partial charge in [0.25, 0.3) is 0 Å². The van der Waals surface area contributed by atoms with E-state index >= 15 is 0 Å². The Morgan fingerprint density at radius 3 is 2.59 bits per heavy atom. The van der Waals surface area contributed by atoms with E-state index in [1.165, 1.54) is 0 Å². The van der Waals surface area contributed by atoms with E-state index in [2.05, 4.69) is 22.0 Å². The van der Waals surface area contributed by atoms with Gasteiger partial charge in [-0.15, -0.1) is 0 Å². The minimum Gasteiger partial charge on any atom is -0.384 e. The Hall–Kier alpha value is -1.73. The first-order chi connectivity index (χ1) is 8.06. The molecule has 1 aromatic heterocycles. The van der Waals surface area contributed by atoms with Crippen LogP contribution in [0.3, 0.4) is 0 Å². The van der Waals surface area contributed by atoms with Crippen molar-refractivity contribution in [2.75, 3.05) is 5.73 Å². The zero-order valence-electron chi connectivity index (χ0n) is 9.66. The van der Waals surface area contributed by atoms with E-state index in [0.29, 0.717) is 11.4 Å². The van der Waals surface area contributed by atoms with Crippen LogP contribution in [0.4, 0.5) is 5.82 Å². The molecule has 0 aliphatic rings. The zero-order chi connectivity index (χ0) is 12.6. The molecule has 0 unspecified atom stereocenters. The van der Waals surface area contributed by atoms with Crippen LogP contribution in [-0.2, 0) is 0 Å². The molecule has 0 fully saturated rings. The summed E-state index contributed by atoms with van der Waals surface area (Å²) in [5, 5.41) is 9.09. The van der Waals surface area contributed by atoms with E-state index in [9.17, 15) is 0 Å². The first-order valence-corrected chi connectivity index (χ1v) is 5.99. The van der Waals surface area contributed by atoms with Crippen molar-refractivity contribution < 1.29 is 0 Å². The van der Waals surface area contributed by atoms with E-state index < -0.39 is 0 Å². The molecule has 0 saturated heterocycles. The van der Waals surface area contributed by atoms with Crippen LogP contribution in [0.5, 0.6) is 0 Å². The molecule has 0 amide bonds. The summed E-state index contributed by atoms with van der Waals surface area (Å²) in [4.78, 5) is 0. The van der Waals surface area contributed by atoms with Crippen LogP contribution >= 0.6 is 15.9 Å². The minimum absolute atomic E-state index is 0.501. The van der Waals surface area contributed by atoms with Crippen LogP contribution < -0.4 is 5.73 Å². The van der Waals surface area contributed by atoms with Gasteiger partial charge in [-0.1, -0.05) is 22.0 Å². The fourth-order valence-corrected chi connectivity index (χ4v) is 2.31. The van der Waals surface area contributed by atoms with E-state index in [-0.39, 0.29) is 0 Å². The van der Waals surface area contributed by atoms with Gasteiger partial charge >= 0.3 is 0 Å². The summed E-state index contributed by atoms with van der Waals surface area (Å²) in [5.74, 6) is 0.501. The second kappa shape index (κ2) is 4.27. The van der Waals surface area contributed by atoms with E-state index in [0.717, 1.165) is 21.4 Å². The lowest BCUT2D eigenvalue weighted by Crippen LogP contribution is -2.02. The van der Waals surface area contributed by atoms with Gasteiger partial charge < -0.3 is 5.73 Å². The number of nitrogens with two attached hydrogens (primary N) is 1. The molecule has 3 nitrogen and oxygen atoms in total. The van der Waals surface area contributed by atoms with Gasteiger partial charge in [0.15, 0.2) is 0 Å². The highest BCUT2D eigenvalue weighted by Gasteiger charge is 2.16. The number of nitrogens with zero attached hydrogens (tertiary/aromatic N) is 2. The van der Waals surface area contributed by atoms with E-state index in [1.807, 2.05) is 42.7 Å². The Balaban J connectivity index is 2.73. The summed E-state index contributed by atoms with van der Waals surface area (Å²) in [6, 6.07) is 9.99. The lowest BCUT2D eigenvalue weighted by molar-refractivity contribution is 1.01. The number of rotatable bonds is 1.